The number of aryl methyl sites for hydroxylation is 1. The van der Waals surface area contributed by atoms with Crippen molar-refractivity contribution in [1.82, 2.24) is 4.98 Å². The summed E-state index contributed by atoms with van der Waals surface area (Å²) in [7, 11) is 3.16. The zero-order valence-corrected chi connectivity index (χ0v) is 20.4. The minimum absolute atomic E-state index is 0.298. The summed E-state index contributed by atoms with van der Waals surface area (Å²) in [6.07, 6.45) is 1.18. The number of benzene rings is 3. The zero-order chi connectivity index (χ0) is 23.4. The number of hydrogen-bond donors (Lipinski definition) is 1. The van der Waals surface area contributed by atoms with E-state index >= 15 is 0 Å². The van der Waals surface area contributed by atoms with Gasteiger partial charge in [-0.2, -0.15) is 0 Å². The molecule has 1 aromatic heterocycles. The van der Waals surface area contributed by atoms with Crippen LogP contribution in [0.25, 0.3) is 10.2 Å². The van der Waals surface area contributed by atoms with E-state index in [9.17, 15) is 4.79 Å². The lowest BCUT2D eigenvalue weighted by atomic mass is 10.1. The number of para-hydroxylation sites is 1. The highest BCUT2D eigenvalue weighted by molar-refractivity contribution is 7.98. The maximum atomic E-state index is 13.4. The molecule has 0 spiro atoms. The molecule has 33 heavy (non-hydrogen) atoms. The second kappa shape index (κ2) is 10.1. The Morgan fingerprint density at radius 1 is 1.00 bits per heavy atom. The van der Waals surface area contributed by atoms with Crippen molar-refractivity contribution in [1.29, 1.82) is 0 Å². The number of nitrogens with zero attached hydrogens (tertiary/aromatic N) is 1. The van der Waals surface area contributed by atoms with Crippen LogP contribution in [0.2, 0.25) is 0 Å². The zero-order valence-electron chi connectivity index (χ0n) is 18.7. The van der Waals surface area contributed by atoms with E-state index in [1.54, 1.807) is 32.0 Å². The first-order valence-electron chi connectivity index (χ1n) is 10.2. The first-order valence-corrected chi connectivity index (χ1v) is 12.3. The summed E-state index contributed by atoms with van der Waals surface area (Å²) < 4.78 is 17.8. The number of methoxy groups -OCH3 is 2. The van der Waals surface area contributed by atoms with Crippen molar-refractivity contribution in [3.8, 4) is 17.2 Å². The maximum Gasteiger partial charge on any atom is 0.271 e. The topological polar surface area (TPSA) is 69.7 Å². The van der Waals surface area contributed by atoms with E-state index in [0.717, 1.165) is 20.7 Å². The summed E-state index contributed by atoms with van der Waals surface area (Å²) >= 11 is 3.01. The van der Waals surface area contributed by atoms with Gasteiger partial charge in [0.1, 0.15) is 5.75 Å². The minimum atomic E-state index is -0.835. The van der Waals surface area contributed by atoms with Gasteiger partial charge in [-0.3, -0.25) is 10.1 Å². The standard InChI is InChI=1S/C25H24N2O4S2/c1-15-7-5-6-8-19(15)31-23(16-9-11-17(32-4)12-10-16)24(28)27-25-26-18-13-20(29-2)21(30-3)14-22(18)33-25/h5-14,23H,1-4H3,(H,26,27,28). The summed E-state index contributed by atoms with van der Waals surface area (Å²) in [4.78, 5) is 19.1. The highest BCUT2D eigenvalue weighted by Crippen LogP contribution is 2.36. The monoisotopic (exact) mass is 480 g/mol. The molecule has 0 saturated heterocycles. The molecule has 0 aliphatic heterocycles. The first-order chi connectivity index (χ1) is 16.0. The summed E-state index contributed by atoms with van der Waals surface area (Å²) in [6, 6.07) is 19.1. The lowest BCUT2D eigenvalue weighted by molar-refractivity contribution is -0.123. The molecule has 1 amide bonds. The molecule has 8 heteroatoms. The number of thiazole rings is 1. The van der Waals surface area contributed by atoms with E-state index in [2.05, 4.69) is 10.3 Å². The molecule has 3 aromatic carbocycles. The molecule has 4 rings (SSSR count). The molecule has 4 aromatic rings. The molecule has 6 nitrogen and oxygen atoms in total. The van der Waals surface area contributed by atoms with Crippen LogP contribution in [0.5, 0.6) is 17.2 Å². The Bertz CT molecular complexity index is 1230. The third-order valence-electron chi connectivity index (χ3n) is 5.12. The summed E-state index contributed by atoms with van der Waals surface area (Å²) in [5.41, 5.74) is 2.43. The average molecular weight is 481 g/mol. The molecule has 0 fully saturated rings. The Hall–Kier alpha value is -3.23. The highest BCUT2D eigenvalue weighted by atomic mass is 32.2. The Labute approximate surface area is 200 Å². The number of thioether (sulfide) groups is 1. The summed E-state index contributed by atoms with van der Waals surface area (Å²) in [5, 5.41) is 3.41. The van der Waals surface area contributed by atoms with Crippen LogP contribution in [0.1, 0.15) is 17.2 Å². The van der Waals surface area contributed by atoms with Gasteiger partial charge in [-0.05, 0) is 36.9 Å². The number of carbonyl (C=O) groups excluding carboxylic acids is 1. The van der Waals surface area contributed by atoms with Crippen LogP contribution in [0, 0.1) is 6.92 Å². The number of hydrogen-bond acceptors (Lipinski definition) is 7. The summed E-state index contributed by atoms with van der Waals surface area (Å²) in [6.45, 7) is 1.95. The number of nitrogens with one attached hydrogen (secondary N) is 1. The van der Waals surface area contributed by atoms with Gasteiger partial charge in [0, 0.05) is 22.6 Å². The van der Waals surface area contributed by atoms with Gasteiger partial charge >= 0.3 is 0 Å². The van der Waals surface area contributed by atoms with E-state index in [1.807, 2.05) is 67.8 Å². The first kappa shape index (κ1) is 22.9. The molecule has 0 aliphatic rings. The van der Waals surface area contributed by atoms with Crippen molar-refractivity contribution in [2.45, 2.75) is 17.9 Å². The third-order valence-corrected chi connectivity index (χ3v) is 6.80. The van der Waals surface area contributed by atoms with Gasteiger partial charge < -0.3 is 14.2 Å². The van der Waals surface area contributed by atoms with Crippen molar-refractivity contribution >= 4 is 44.4 Å². The number of aromatic nitrogens is 1. The number of anilines is 1. The van der Waals surface area contributed by atoms with E-state index in [4.69, 9.17) is 14.2 Å². The second-order valence-corrected chi connectivity index (χ2v) is 9.13. The molecule has 1 heterocycles. The summed E-state index contributed by atoms with van der Waals surface area (Å²) in [5.74, 6) is 1.56. The fourth-order valence-corrected chi connectivity index (χ4v) is 4.63. The quantitative estimate of drug-likeness (QED) is 0.307. The van der Waals surface area contributed by atoms with Gasteiger partial charge in [-0.1, -0.05) is 41.7 Å². The fourth-order valence-electron chi connectivity index (χ4n) is 3.35. The molecule has 1 N–H and O–H groups in total. The minimum Gasteiger partial charge on any atom is -0.493 e. The van der Waals surface area contributed by atoms with Crippen LogP contribution in [0.3, 0.4) is 0 Å². The number of rotatable bonds is 8. The molecule has 0 bridgehead atoms. The van der Waals surface area contributed by atoms with E-state index in [-0.39, 0.29) is 5.91 Å². The van der Waals surface area contributed by atoms with Crippen LogP contribution in [-0.2, 0) is 4.79 Å². The smallest absolute Gasteiger partial charge is 0.271 e. The molecule has 1 atom stereocenters. The number of fused-ring (bicyclic) bond motifs is 1. The number of amides is 1. The Morgan fingerprint density at radius 3 is 2.36 bits per heavy atom. The lowest BCUT2D eigenvalue weighted by Crippen LogP contribution is -2.25. The van der Waals surface area contributed by atoms with Crippen molar-refractivity contribution in [3.05, 3.63) is 71.8 Å². The lowest BCUT2D eigenvalue weighted by Gasteiger charge is -2.20. The van der Waals surface area contributed by atoms with E-state index < -0.39 is 6.10 Å². The maximum absolute atomic E-state index is 13.4. The van der Waals surface area contributed by atoms with Gasteiger partial charge in [-0.15, -0.1) is 11.8 Å². The van der Waals surface area contributed by atoms with Gasteiger partial charge in [0.25, 0.3) is 5.91 Å². The molecule has 0 saturated carbocycles. The van der Waals surface area contributed by atoms with E-state index in [0.29, 0.717) is 27.9 Å². The van der Waals surface area contributed by atoms with Crippen molar-refractivity contribution in [2.24, 2.45) is 0 Å². The Kier molecular flexibility index (Phi) is 7.05. The largest absolute Gasteiger partial charge is 0.493 e. The van der Waals surface area contributed by atoms with Crippen LogP contribution in [0.4, 0.5) is 5.13 Å². The third kappa shape index (κ3) is 5.07. The van der Waals surface area contributed by atoms with Gasteiger partial charge in [0.05, 0.1) is 24.4 Å². The van der Waals surface area contributed by atoms with Crippen molar-refractivity contribution in [2.75, 3.05) is 25.8 Å². The molecule has 0 aliphatic carbocycles. The molecule has 170 valence electrons. The predicted octanol–water partition coefficient (Wildman–Crippen LogP) is 6.10. The van der Waals surface area contributed by atoms with Crippen LogP contribution >= 0.6 is 23.1 Å². The van der Waals surface area contributed by atoms with Gasteiger partial charge in [-0.25, -0.2) is 4.98 Å². The predicted molar refractivity (Wildman–Crippen MR) is 134 cm³/mol. The highest BCUT2D eigenvalue weighted by Gasteiger charge is 2.25. The van der Waals surface area contributed by atoms with Crippen molar-refractivity contribution < 1.29 is 19.0 Å². The van der Waals surface area contributed by atoms with Crippen molar-refractivity contribution in [3.63, 3.8) is 0 Å². The Morgan fingerprint density at radius 2 is 1.70 bits per heavy atom. The molecule has 1 unspecified atom stereocenters. The number of ether oxygens (including phenoxy) is 3. The average Bonchev–Trinajstić information content (AvgIpc) is 3.23. The normalized spacial score (nSPS) is 11.8. The molecular formula is C25H24N2O4S2. The molecular weight excluding hydrogens is 456 g/mol. The van der Waals surface area contributed by atoms with Crippen LogP contribution < -0.4 is 19.5 Å². The van der Waals surface area contributed by atoms with Crippen LogP contribution in [0.15, 0.2) is 65.6 Å². The SMILES string of the molecule is COc1cc2nc(NC(=O)C(Oc3ccccc3C)c3ccc(SC)cc3)sc2cc1OC. The molecule has 0 radical (unpaired) electrons. The van der Waals surface area contributed by atoms with Crippen LogP contribution in [-0.4, -0.2) is 31.4 Å². The second-order valence-electron chi connectivity index (χ2n) is 7.22. The Balaban J connectivity index is 1.64. The van der Waals surface area contributed by atoms with Gasteiger partial charge in [0.15, 0.2) is 16.6 Å². The van der Waals surface area contributed by atoms with Gasteiger partial charge in [0.2, 0.25) is 6.10 Å². The number of carbonyl (C=O) groups is 1. The van der Waals surface area contributed by atoms with E-state index in [1.165, 1.54) is 11.3 Å². The fraction of sp³-hybridized carbons (Fsp3) is 0.200.